The van der Waals surface area contributed by atoms with Crippen LogP contribution in [0, 0.1) is 23.2 Å². The van der Waals surface area contributed by atoms with Gasteiger partial charge in [0.2, 0.25) is 0 Å². The Morgan fingerprint density at radius 3 is 2.47 bits per heavy atom. The molecular formula is C16H22O. The summed E-state index contributed by atoms with van der Waals surface area (Å²) in [5.74, 6) is 1.86. The summed E-state index contributed by atoms with van der Waals surface area (Å²) >= 11 is 0. The Kier molecular flexibility index (Phi) is 2.55. The zero-order valence-corrected chi connectivity index (χ0v) is 10.8. The van der Waals surface area contributed by atoms with Gasteiger partial charge in [-0.3, -0.25) is 0 Å². The number of hydrogen-bond acceptors (Lipinski definition) is 1. The lowest BCUT2D eigenvalue weighted by Crippen LogP contribution is -2.58. The average Bonchev–Trinajstić information content (AvgIpc) is 2.32. The largest absolute Gasteiger partial charge is 0.393 e. The highest BCUT2D eigenvalue weighted by molar-refractivity contribution is 5.17. The second kappa shape index (κ2) is 3.84. The van der Waals surface area contributed by atoms with Crippen LogP contribution in [-0.2, 0) is 6.42 Å². The Bertz CT molecular complexity index is 395. The number of fused-ring (bicyclic) bond motifs is 2. The van der Waals surface area contributed by atoms with Crippen molar-refractivity contribution in [3.8, 4) is 0 Å². The molecule has 0 unspecified atom stereocenters. The molecule has 1 nitrogen and oxygen atoms in total. The van der Waals surface area contributed by atoms with Gasteiger partial charge in [0, 0.05) is 0 Å². The Hall–Kier alpha value is -0.820. The van der Waals surface area contributed by atoms with Crippen LogP contribution in [0.15, 0.2) is 30.3 Å². The number of aliphatic hydroxyl groups is 1. The van der Waals surface area contributed by atoms with Gasteiger partial charge in [0.25, 0.3) is 0 Å². The molecule has 2 bridgehead atoms. The number of rotatable bonds is 2. The highest BCUT2D eigenvalue weighted by atomic mass is 16.3. The lowest BCUT2D eigenvalue weighted by Gasteiger charge is -2.61. The predicted octanol–water partition coefficient (Wildman–Crippen LogP) is 3.27. The molecule has 3 aliphatic rings. The van der Waals surface area contributed by atoms with Gasteiger partial charge in [-0.15, -0.1) is 0 Å². The first-order chi connectivity index (χ1) is 8.09. The van der Waals surface area contributed by atoms with E-state index < -0.39 is 0 Å². The summed E-state index contributed by atoms with van der Waals surface area (Å²) in [4.78, 5) is 0. The lowest BCUT2D eigenvalue weighted by molar-refractivity contribution is -0.169. The molecule has 92 valence electrons. The minimum atomic E-state index is -0.0878. The standard InChI is InChI=1S/C16H22O/c1-16(2)13-9-12(15(17)14(16)10-13)8-11-6-4-3-5-7-11/h3-7,12-15,17H,8-10H2,1-2H3/t12-,13-,14-,15+/m0/s1. The summed E-state index contributed by atoms with van der Waals surface area (Å²) in [5.41, 5.74) is 1.75. The molecule has 1 heteroatoms. The molecule has 4 atom stereocenters. The normalized spacial score (nSPS) is 38.5. The van der Waals surface area contributed by atoms with Crippen molar-refractivity contribution in [1.82, 2.24) is 0 Å². The predicted molar refractivity (Wildman–Crippen MR) is 69.6 cm³/mol. The zero-order chi connectivity index (χ0) is 12.0. The van der Waals surface area contributed by atoms with Crippen molar-refractivity contribution >= 4 is 0 Å². The molecule has 0 radical (unpaired) electrons. The van der Waals surface area contributed by atoms with E-state index in [0.717, 1.165) is 12.3 Å². The topological polar surface area (TPSA) is 20.2 Å². The number of benzene rings is 1. The van der Waals surface area contributed by atoms with Gasteiger partial charge < -0.3 is 5.11 Å². The van der Waals surface area contributed by atoms with Crippen molar-refractivity contribution in [3.63, 3.8) is 0 Å². The smallest absolute Gasteiger partial charge is 0.0605 e. The van der Waals surface area contributed by atoms with Gasteiger partial charge in [0.05, 0.1) is 6.10 Å². The zero-order valence-electron chi connectivity index (χ0n) is 10.8. The van der Waals surface area contributed by atoms with E-state index in [0.29, 0.717) is 17.3 Å². The fourth-order valence-corrected chi connectivity index (χ4v) is 3.99. The van der Waals surface area contributed by atoms with E-state index in [4.69, 9.17) is 0 Å². The first-order valence-electron chi connectivity index (χ1n) is 6.81. The highest BCUT2D eigenvalue weighted by Crippen LogP contribution is 2.60. The van der Waals surface area contributed by atoms with Crippen LogP contribution < -0.4 is 0 Å². The molecule has 1 N–H and O–H groups in total. The summed E-state index contributed by atoms with van der Waals surface area (Å²) in [6, 6.07) is 10.6. The van der Waals surface area contributed by atoms with Gasteiger partial charge in [-0.2, -0.15) is 0 Å². The van der Waals surface area contributed by atoms with E-state index >= 15 is 0 Å². The summed E-state index contributed by atoms with van der Waals surface area (Å²) in [6.07, 6.45) is 3.42. The van der Waals surface area contributed by atoms with E-state index in [1.807, 2.05) is 0 Å². The minimum absolute atomic E-state index is 0.0878. The van der Waals surface area contributed by atoms with Crippen LogP contribution in [0.3, 0.4) is 0 Å². The fraction of sp³-hybridized carbons (Fsp3) is 0.625. The number of aliphatic hydroxyl groups excluding tert-OH is 1. The van der Waals surface area contributed by atoms with E-state index in [2.05, 4.69) is 44.2 Å². The van der Waals surface area contributed by atoms with Crippen LogP contribution in [-0.4, -0.2) is 11.2 Å². The lowest BCUT2D eigenvalue weighted by atomic mass is 9.45. The van der Waals surface area contributed by atoms with Crippen molar-refractivity contribution < 1.29 is 5.11 Å². The van der Waals surface area contributed by atoms with E-state index in [1.54, 1.807) is 0 Å². The van der Waals surface area contributed by atoms with Crippen LogP contribution in [0.5, 0.6) is 0 Å². The van der Waals surface area contributed by atoms with Gasteiger partial charge in [-0.25, -0.2) is 0 Å². The van der Waals surface area contributed by atoms with Crippen LogP contribution in [0.1, 0.15) is 32.3 Å². The molecule has 3 aliphatic carbocycles. The first-order valence-corrected chi connectivity index (χ1v) is 6.81. The maximum atomic E-state index is 10.5. The molecule has 1 aromatic rings. The monoisotopic (exact) mass is 230 g/mol. The van der Waals surface area contributed by atoms with Crippen molar-refractivity contribution in [3.05, 3.63) is 35.9 Å². The van der Waals surface area contributed by atoms with Crippen molar-refractivity contribution in [2.24, 2.45) is 23.2 Å². The molecule has 0 spiro atoms. The molecule has 3 saturated carbocycles. The molecule has 0 heterocycles. The van der Waals surface area contributed by atoms with Gasteiger partial charge in [0.1, 0.15) is 0 Å². The van der Waals surface area contributed by atoms with Gasteiger partial charge in [0.15, 0.2) is 0 Å². The Morgan fingerprint density at radius 1 is 1.18 bits per heavy atom. The summed E-state index contributed by atoms with van der Waals surface area (Å²) in [7, 11) is 0. The molecule has 0 saturated heterocycles. The molecule has 17 heavy (non-hydrogen) atoms. The molecule has 0 aliphatic heterocycles. The third-order valence-corrected chi connectivity index (χ3v) is 5.37. The maximum absolute atomic E-state index is 10.5. The highest BCUT2D eigenvalue weighted by Gasteiger charge is 2.57. The Morgan fingerprint density at radius 2 is 1.88 bits per heavy atom. The van der Waals surface area contributed by atoms with Gasteiger partial charge in [-0.1, -0.05) is 44.2 Å². The maximum Gasteiger partial charge on any atom is 0.0605 e. The molecule has 0 amide bonds. The third-order valence-electron chi connectivity index (χ3n) is 5.37. The van der Waals surface area contributed by atoms with Gasteiger partial charge in [-0.05, 0) is 48.0 Å². The molecule has 3 fully saturated rings. The first kappa shape index (κ1) is 11.3. The molecular weight excluding hydrogens is 208 g/mol. The van der Waals surface area contributed by atoms with Gasteiger partial charge >= 0.3 is 0 Å². The summed E-state index contributed by atoms with van der Waals surface area (Å²) in [6.45, 7) is 4.65. The minimum Gasteiger partial charge on any atom is -0.393 e. The van der Waals surface area contributed by atoms with Crippen molar-refractivity contribution in [1.29, 1.82) is 0 Å². The van der Waals surface area contributed by atoms with Crippen LogP contribution >= 0.6 is 0 Å². The Labute approximate surface area is 104 Å². The molecule has 0 aromatic heterocycles. The van der Waals surface area contributed by atoms with Crippen LogP contribution in [0.4, 0.5) is 0 Å². The summed E-state index contributed by atoms with van der Waals surface area (Å²) < 4.78 is 0. The van der Waals surface area contributed by atoms with Crippen LogP contribution in [0.25, 0.3) is 0 Å². The van der Waals surface area contributed by atoms with Crippen LogP contribution in [0.2, 0.25) is 0 Å². The summed E-state index contributed by atoms with van der Waals surface area (Å²) in [5, 5.41) is 10.5. The molecule has 1 aromatic carbocycles. The second-order valence-electron chi connectivity index (χ2n) is 6.54. The van der Waals surface area contributed by atoms with E-state index in [9.17, 15) is 5.11 Å². The van der Waals surface area contributed by atoms with E-state index in [1.165, 1.54) is 18.4 Å². The SMILES string of the molecule is CC1(C)[C@H]2C[C@H](Cc3ccccc3)[C@@H](O)[C@@H]1C2. The average molecular weight is 230 g/mol. The quantitative estimate of drug-likeness (QED) is 0.826. The Balaban J connectivity index is 1.71. The van der Waals surface area contributed by atoms with E-state index in [-0.39, 0.29) is 6.10 Å². The molecule has 4 rings (SSSR count). The fourth-order valence-electron chi connectivity index (χ4n) is 3.99. The second-order valence-corrected chi connectivity index (χ2v) is 6.54. The third kappa shape index (κ3) is 1.72. The van der Waals surface area contributed by atoms with Crippen molar-refractivity contribution in [2.75, 3.05) is 0 Å². The number of hydrogen-bond donors (Lipinski definition) is 1. The van der Waals surface area contributed by atoms with Crippen molar-refractivity contribution in [2.45, 2.75) is 39.2 Å².